The Morgan fingerprint density at radius 2 is 1.75 bits per heavy atom. The molecule has 0 spiro atoms. The molecule has 0 saturated carbocycles. The summed E-state index contributed by atoms with van der Waals surface area (Å²) in [5, 5.41) is 0.831. The summed E-state index contributed by atoms with van der Waals surface area (Å²) in [6.45, 7) is 0. The first kappa shape index (κ1) is 15.3. The maximum absolute atomic E-state index is 12.7. The van der Waals surface area contributed by atoms with Crippen LogP contribution in [0.25, 0.3) is 0 Å². The third kappa shape index (κ3) is 2.51. The van der Waals surface area contributed by atoms with Gasteiger partial charge in [-0.1, -0.05) is 36.0 Å². The van der Waals surface area contributed by atoms with Crippen molar-refractivity contribution < 1.29 is 18.0 Å². The summed E-state index contributed by atoms with van der Waals surface area (Å²) < 4.78 is 38.0. The Bertz CT molecular complexity index is 842. The van der Waals surface area contributed by atoms with Crippen LogP contribution in [0, 0.1) is 0 Å². The molecule has 0 N–H and O–H groups in total. The molecule has 0 saturated heterocycles. The maximum Gasteiger partial charge on any atom is 0.416 e. The molecule has 2 aromatic rings. The second-order valence-corrected chi connectivity index (χ2v) is 6.80. The fourth-order valence-corrected chi connectivity index (χ4v) is 4.17. The molecule has 122 valence electrons. The minimum Gasteiger partial charge on any atom is -0.274 e. The Kier molecular flexibility index (Phi) is 3.46. The lowest BCUT2D eigenvalue weighted by Gasteiger charge is -2.27. The van der Waals surface area contributed by atoms with Crippen LogP contribution in [-0.4, -0.2) is 5.91 Å². The number of hydrogen-bond donors (Lipinski definition) is 0. The molecule has 0 aliphatic carbocycles. The van der Waals surface area contributed by atoms with Gasteiger partial charge in [-0.3, -0.25) is 9.69 Å². The largest absolute Gasteiger partial charge is 0.416 e. The number of alkyl halides is 3. The third-order valence-corrected chi connectivity index (χ3v) is 5.29. The van der Waals surface area contributed by atoms with Crippen LogP contribution in [0.15, 0.2) is 64.5 Å². The van der Waals surface area contributed by atoms with Crippen molar-refractivity contribution in [2.24, 2.45) is 0 Å². The van der Waals surface area contributed by atoms with Crippen molar-refractivity contribution in [1.29, 1.82) is 0 Å². The predicted molar refractivity (Wildman–Crippen MR) is 86.7 cm³/mol. The third-order valence-electron chi connectivity index (χ3n) is 4.19. The number of thioether (sulfide) groups is 1. The van der Waals surface area contributed by atoms with E-state index >= 15 is 0 Å². The number of rotatable bonds is 1. The molecule has 2 aromatic carbocycles. The minimum atomic E-state index is -4.35. The summed E-state index contributed by atoms with van der Waals surface area (Å²) in [7, 11) is 0. The first-order chi connectivity index (χ1) is 11.4. The van der Waals surface area contributed by atoms with Crippen molar-refractivity contribution in [3.8, 4) is 0 Å². The van der Waals surface area contributed by atoms with Crippen molar-refractivity contribution in [2.75, 3.05) is 4.90 Å². The SMILES string of the molecule is O=C1C[C@H](c2ccc(C(F)(F)F)cc2)C=C2Sc3ccccc3N12. The highest BCUT2D eigenvalue weighted by Crippen LogP contribution is 2.49. The van der Waals surface area contributed by atoms with E-state index in [1.54, 1.807) is 4.90 Å². The molecule has 4 rings (SSSR count). The second-order valence-electron chi connectivity index (χ2n) is 5.73. The lowest BCUT2D eigenvalue weighted by Crippen LogP contribution is -2.31. The summed E-state index contributed by atoms with van der Waals surface area (Å²) in [4.78, 5) is 15.3. The number of carbonyl (C=O) groups is 1. The van der Waals surface area contributed by atoms with Crippen LogP contribution in [0.5, 0.6) is 0 Å². The molecule has 2 nitrogen and oxygen atoms in total. The fraction of sp³-hybridized carbons (Fsp3) is 0.167. The standard InChI is InChI=1S/C18H12F3NOS/c19-18(20,21)13-7-5-11(6-8-13)12-9-16(23)22-14-3-1-2-4-15(14)24-17(22)10-12/h1-8,10,12H,9H2/t12-/m0/s1. The van der Waals surface area contributed by atoms with Crippen LogP contribution in [0.2, 0.25) is 0 Å². The van der Waals surface area contributed by atoms with E-state index < -0.39 is 11.7 Å². The van der Waals surface area contributed by atoms with Crippen molar-refractivity contribution >= 4 is 23.4 Å². The number of para-hydroxylation sites is 1. The summed E-state index contributed by atoms with van der Waals surface area (Å²) in [6, 6.07) is 12.7. The van der Waals surface area contributed by atoms with Crippen LogP contribution >= 0.6 is 11.8 Å². The predicted octanol–water partition coefficient (Wildman–Crippen LogP) is 5.17. The molecule has 0 fully saturated rings. The number of allylic oxidation sites excluding steroid dienone is 1. The van der Waals surface area contributed by atoms with Crippen molar-refractivity contribution in [3.63, 3.8) is 0 Å². The van der Waals surface area contributed by atoms with E-state index in [1.165, 1.54) is 23.9 Å². The Hall–Kier alpha value is -2.21. The van der Waals surface area contributed by atoms with Crippen LogP contribution in [-0.2, 0) is 11.0 Å². The number of amides is 1. The summed E-state index contributed by atoms with van der Waals surface area (Å²) in [5.74, 6) is -0.234. The van der Waals surface area contributed by atoms with Gasteiger partial charge in [-0.05, 0) is 35.9 Å². The van der Waals surface area contributed by atoms with Gasteiger partial charge in [0.2, 0.25) is 5.91 Å². The number of fused-ring (bicyclic) bond motifs is 3. The fourth-order valence-electron chi connectivity index (χ4n) is 3.01. The number of hydrogen-bond acceptors (Lipinski definition) is 2. The van der Waals surface area contributed by atoms with Crippen LogP contribution in [0.4, 0.5) is 18.9 Å². The Balaban J connectivity index is 1.66. The highest BCUT2D eigenvalue weighted by molar-refractivity contribution is 8.03. The highest BCUT2D eigenvalue weighted by atomic mass is 32.2. The van der Waals surface area contributed by atoms with Gasteiger partial charge in [-0.25, -0.2) is 0 Å². The van der Waals surface area contributed by atoms with Crippen molar-refractivity contribution in [3.05, 3.63) is 70.8 Å². The molecule has 0 bridgehead atoms. The molecule has 0 aromatic heterocycles. The molecule has 24 heavy (non-hydrogen) atoms. The molecule has 1 atom stereocenters. The van der Waals surface area contributed by atoms with Crippen LogP contribution in [0.1, 0.15) is 23.5 Å². The van der Waals surface area contributed by atoms with E-state index in [0.29, 0.717) is 0 Å². The molecular formula is C18H12F3NOS. The average Bonchev–Trinajstić information content (AvgIpc) is 2.93. The van der Waals surface area contributed by atoms with Crippen LogP contribution in [0.3, 0.4) is 0 Å². The van der Waals surface area contributed by atoms with E-state index in [4.69, 9.17) is 0 Å². The smallest absolute Gasteiger partial charge is 0.274 e. The molecule has 2 heterocycles. The van der Waals surface area contributed by atoms with Crippen LogP contribution < -0.4 is 4.90 Å². The van der Waals surface area contributed by atoms with Gasteiger partial charge >= 0.3 is 6.18 Å². The lowest BCUT2D eigenvalue weighted by atomic mass is 9.92. The maximum atomic E-state index is 12.7. The van der Waals surface area contributed by atoms with Gasteiger partial charge < -0.3 is 0 Å². The zero-order valence-corrected chi connectivity index (χ0v) is 13.2. The normalized spacial score (nSPS) is 19.8. The highest BCUT2D eigenvalue weighted by Gasteiger charge is 2.36. The number of anilines is 1. The van der Waals surface area contributed by atoms with E-state index in [-0.39, 0.29) is 18.2 Å². The molecule has 2 aliphatic heterocycles. The Labute approximate surface area is 141 Å². The molecule has 1 amide bonds. The zero-order chi connectivity index (χ0) is 16.9. The topological polar surface area (TPSA) is 20.3 Å². The van der Waals surface area contributed by atoms with E-state index in [1.807, 2.05) is 30.3 Å². The average molecular weight is 347 g/mol. The van der Waals surface area contributed by atoms with Gasteiger partial charge in [0, 0.05) is 17.2 Å². The molecule has 0 radical (unpaired) electrons. The van der Waals surface area contributed by atoms with Gasteiger partial charge in [0.1, 0.15) is 0 Å². The Morgan fingerprint density at radius 3 is 2.46 bits per heavy atom. The van der Waals surface area contributed by atoms with E-state index in [2.05, 4.69) is 0 Å². The van der Waals surface area contributed by atoms with E-state index in [0.717, 1.165) is 33.3 Å². The molecular weight excluding hydrogens is 335 g/mol. The quantitative estimate of drug-likeness (QED) is 0.709. The Morgan fingerprint density at radius 1 is 1.04 bits per heavy atom. The minimum absolute atomic E-state index is 0.0325. The zero-order valence-electron chi connectivity index (χ0n) is 12.4. The van der Waals surface area contributed by atoms with Gasteiger partial charge in [0.05, 0.1) is 16.3 Å². The second kappa shape index (κ2) is 5.41. The van der Waals surface area contributed by atoms with Gasteiger partial charge in [-0.15, -0.1) is 0 Å². The van der Waals surface area contributed by atoms with Crippen molar-refractivity contribution in [2.45, 2.75) is 23.4 Å². The van der Waals surface area contributed by atoms with Gasteiger partial charge in [-0.2, -0.15) is 13.2 Å². The summed E-state index contributed by atoms with van der Waals surface area (Å²) in [6.07, 6.45) is -2.13. The summed E-state index contributed by atoms with van der Waals surface area (Å²) >= 11 is 1.52. The van der Waals surface area contributed by atoms with Gasteiger partial charge in [0.25, 0.3) is 0 Å². The first-order valence-electron chi connectivity index (χ1n) is 7.42. The number of benzene rings is 2. The molecule has 6 heteroatoms. The van der Waals surface area contributed by atoms with Crippen molar-refractivity contribution in [1.82, 2.24) is 0 Å². The van der Waals surface area contributed by atoms with E-state index in [9.17, 15) is 18.0 Å². The molecule has 0 unspecified atom stereocenters. The lowest BCUT2D eigenvalue weighted by molar-refractivity contribution is -0.137. The number of carbonyl (C=O) groups excluding carboxylic acids is 1. The molecule has 2 aliphatic rings. The number of halogens is 3. The monoisotopic (exact) mass is 347 g/mol. The first-order valence-corrected chi connectivity index (χ1v) is 8.24. The number of nitrogens with zero attached hydrogens (tertiary/aromatic N) is 1. The van der Waals surface area contributed by atoms with Gasteiger partial charge in [0.15, 0.2) is 0 Å². The summed E-state index contributed by atoms with van der Waals surface area (Å²) in [5.41, 5.74) is 0.926.